The minimum absolute atomic E-state index is 0.0343. The highest BCUT2D eigenvalue weighted by Crippen LogP contribution is 2.43. The summed E-state index contributed by atoms with van der Waals surface area (Å²) in [6.07, 6.45) is 1.80. The zero-order valence-electron chi connectivity index (χ0n) is 8.39. The average Bonchev–Trinajstić information content (AvgIpc) is 2.19. The van der Waals surface area contributed by atoms with E-state index >= 15 is 0 Å². The molecule has 2 rings (SSSR count). The first-order chi connectivity index (χ1) is 7.08. The third kappa shape index (κ3) is 1.49. The third-order valence-electron chi connectivity index (χ3n) is 2.95. The number of ether oxygens (including phenoxy) is 1. The van der Waals surface area contributed by atoms with Gasteiger partial charge in [0.05, 0.1) is 12.7 Å². The molecule has 0 aromatic heterocycles. The van der Waals surface area contributed by atoms with Crippen molar-refractivity contribution in [3.63, 3.8) is 0 Å². The topological polar surface area (TPSA) is 29.5 Å². The molecule has 1 saturated carbocycles. The Bertz CT molecular complexity index is 386. The molecule has 15 heavy (non-hydrogen) atoms. The fraction of sp³-hybridized carbons (Fsp3) is 0.455. The van der Waals surface area contributed by atoms with Crippen LogP contribution >= 0.6 is 0 Å². The van der Waals surface area contributed by atoms with Crippen LogP contribution in [0.5, 0.6) is 5.75 Å². The molecule has 1 aromatic rings. The summed E-state index contributed by atoms with van der Waals surface area (Å²) in [5, 5.41) is 9.90. The van der Waals surface area contributed by atoms with Gasteiger partial charge in [-0.2, -0.15) is 4.39 Å². The highest BCUT2D eigenvalue weighted by Gasteiger charge is 2.39. The van der Waals surface area contributed by atoms with Gasteiger partial charge in [0, 0.05) is 5.56 Å². The summed E-state index contributed by atoms with van der Waals surface area (Å²) in [4.78, 5) is 0. The first-order valence-electron chi connectivity index (χ1n) is 4.83. The molecule has 1 N–H and O–H groups in total. The van der Waals surface area contributed by atoms with Gasteiger partial charge in [0.2, 0.25) is 5.82 Å². The van der Waals surface area contributed by atoms with Crippen molar-refractivity contribution in [3.05, 3.63) is 29.3 Å². The molecule has 1 aromatic carbocycles. The van der Waals surface area contributed by atoms with Crippen LogP contribution in [0.2, 0.25) is 0 Å². The quantitative estimate of drug-likeness (QED) is 0.818. The van der Waals surface area contributed by atoms with E-state index in [1.165, 1.54) is 19.2 Å². The molecule has 0 atom stereocenters. The number of benzene rings is 1. The van der Waals surface area contributed by atoms with Gasteiger partial charge in [-0.15, -0.1) is 0 Å². The van der Waals surface area contributed by atoms with Crippen LogP contribution in [0.15, 0.2) is 12.1 Å². The summed E-state index contributed by atoms with van der Waals surface area (Å²) in [5.74, 6) is -2.17. The van der Waals surface area contributed by atoms with Crippen molar-refractivity contribution in [2.24, 2.45) is 0 Å². The fourth-order valence-corrected chi connectivity index (χ4v) is 1.83. The molecule has 0 amide bonds. The van der Waals surface area contributed by atoms with E-state index in [9.17, 15) is 13.9 Å². The van der Waals surface area contributed by atoms with Gasteiger partial charge in [0.25, 0.3) is 0 Å². The summed E-state index contributed by atoms with van der Waals surface area (Å²) in [6.45, 7) is 0. The Morgan fingerprint density at radius 2 is 1.93 bits per heavy atom. The van der Waals surface area contributed by atoms with E-state index in [0.717, 1.165) is 6.42 Å². The smallest absolute Gasteiger partial charge is 0.200 e. The summed E-state index contributed by atoms with van der Waals surface area (Å²) in [6, 6.07) is 2.72. The lowest BCUT2D eigenvalue weighted by Crippen LogP contribution is -2.34. The van der Waals surface area contributed by atoms with Crippen molar-refractivity contribution in [2.45, 2.75) is 24.9 Å². The summed E-state index contributed by atoms with van der Waals surface area (Å²) in [7, 11) is 1.27. The molecule has 4 heteroatoms. The van der Waals surface area contributed by atoms with Gasteiger partial charge in [-0.05, 0) is 31.4 Å². The highest BCUT2D eigenvalue weighted by atomic mass is 19.2. The number of rotatable bonds is 2. The maximum atomic E-state index is 13.6. The van der Waals surface area contributed by atoms with Gasteiger partial charge in [-0.3, -0.25) is 0 Å². The Balaban J connectivity index is 2.46. The van der Waals surface area contributed by atoms with E-state index < -0.39 is 17.2 Å². The predicted octanol–water partition coefficient (Wildman–Crippen LogP) is 2.34. The molecule has 0 unspecified atom stereocenters. The molecule has 1 aliphatic rings. The van der Waals surface area contributed by atoms with Gasteiger partial charge < -0.3 is 9.84 Å². The van der Waals surface area contributed by atoms with Gasteiger partial charge in [0.15, 0.2) is 11.6 Å². The van der Waals surface area contributed by atoms with E-state index in [1.54, 1.807) is 0 Å². The first-order valence-corrected chi connectivity index (χ1v) is 4.83. The average molecular weight is 214 g/mol. The van der Waals surface area contributed by atoms with Crippen LogP contribution in [0.3, 0.4) is 0 Å². The van der Waals surface area contributed by atoms with Crippen molar-refractivity contribution in [1.29, 1.82) is 0 Å². The second kappa shape index (κ2) is 3.45. The largest absolute Gasteiger partial charge is 0.494 e. The van der Waals surface area contributed by atoms with E-state index in [1.807, 2.05) is 0 Å². The monoisotopic (exact) mass is 214 g/mol. The Hall–Kier alpha value is -1.16. The van der Waals surface area contributed by atoms with Crippen LogP contribution in [-0.2, 0) is 5.60 Å². The standard InChI is InChI=1S/C11H12F2O2/c1-15-8-4-3-7(9(12)10(8)13)11(14)5-2-6-11/h3-4,14H,2,5-6H2,1H3. The van der Waals surface area contributed by atoms with Crippen LogP contribution < -0.4 is 4.74 Å². The molecule has 82 valence electrons. The van der Waals surface area contributed by atoms with Crippen LogP contribution in [0.4, 0.5) is 8.78 Å². The molecule has 0 radical (unpaired) electrons. The molecule has 1 aliphatic carbocycles. The second-order valence-corrected chi connectivity index (χ2v) is 3.83. The maximum Gasteiger partial charge on any atom is 0.200 e. The number of aliphatic hydroxyl groups is 1. The Labute approximate surface area is 86.5 Å². The Morgan fingerprint density at radius 1 is 1.27 bits per heavy atom. The van der Waals surface area contributed by atoms with Gasteiger partial charge >= 0.3 is 0 Å². The minimum atomic E-state index is -1.18. The lowest BCUT2D eigenvalue weighted by molar-refractivity contribution is -0.0421. The van der Waals surface area contributed by atoms with E-state index in [-0.39, 0.29) is 11.3 Å². The normalized spacial score (nSPS) is 18.4. The second-order valence-electron chi connectivity index (χ2n) is 3.83. The van der Waals surface area contributed by atoms with Crippen molar-refractivity contribution >= 4 is 0 Å². The van der Waals surface area contributed by atoms with Crippen molar-refractivity contribution in [2.75, 3.05) is 7.11 Å². The molecule has 0 bridgehead atoms. The number of halogens is 2. The SMILES string of the molecule is COc1ccc(C2(O)CCC2)c(F)c1F. The summed E-state index contributed by atoms with van der Waals surface area (Å²) in [5.41, 5.74) is -1.15. The van der Waals surface area contributed by atoms with E-state index in [4.69, 9.17) is 0 Å². The highest BCUT2D eigenvalue weighted by molar-refractivity contribution is 5.35. The lowest BCUT2D eigenvalue weighted by atomic mass is 9.75. The van der Waals surface area contributed by atoms with Gasteiger partial charge in [-0.1, -0.05) is 0 Å². The summed E-state index contributed by atoms with van der Waals surface area (Å²) >= 11 is 0. The first kappa shape index (κ1) is 10.4. The minimum Gasteiger partial charge on any atom is -0.494 e. The van der Waals surface area contributed by atoms with Crippen molar-refractivity contribution in [3.8, 4) is 5.75 Å². The zero-order valence-corrected chi connectivity index (χ0v) is 8.39. The molecule has 1 fully saturated rings. The van der Waals surface area contributed by atoms with Crippen LogP contribution in [0.25, 0.3) is 0 Å². The fourth-order valence-electron chi connectivity index (χ4n) is 1.83. The van der Waals surface area contributed by atoms with Gasteiger partial charge in [0.1, 0.15) is 0 Å². The Kier molecular flexibility index (Phi) is 2.38. The van der Waals surface area contributed by atoms with E-state index in [0.29, 0.717) is 12.8 Å². The molecule has 0 aliphatic heterocycles. The van der Waals surface area contributed by atoms with Crippen molar-refractivity contribution < 1.29 is 18.6 Å². The van der Waals surface area contributed by atoms with Crippen LogP contribution in [0.1, 0.15) is 24.8 Å². The predicted molar refractivity (Wildman–Crippen MR) is 50.7 cm³/mol. The Morgan fingerprint density at radius 3 is 2.40 bits per heavy atom. The number of hydrogen-bond acceptors (Lipinski definition) is 2. The number of methoxy groups -OCH3 is 1. The molecule has 0 heterocycles. The summed E-state index contributed by atoms with van der Waals surface area (Å²) < 4.78 is 31.5. The van der Waals surface area contributed by atoms with Gasteiger partial charge in [-0.25, -0.2) is 4.39 Å². The maximum absolute atomic E-state index is 13.6. The van der Waals surface area contributed by atoms with Crippen LogP contribution in [0, 0.1) is 11.6 Å². The third-order valence-corrected chi connectivity index (χ3v) is 2.95. The van der Waals surface area contributed by atoms with Crippen molar-refractivity contribution in [1.82, 2.24) is 0 Å². The zero-order chi connectivity index (χ0) is 11.1. The molecular formula is C11H12F2O2. The molecular weight excluding hydrogens is 202 g/mol. The molecule has 2 nitrogen and oxygen atoms in total. The molecule has 0 saturated heterocycles. The lowest BCUT2D eigenvalue weighted by Gasteiger charge is -2.37. The molecule has 0 spiro atoms. The number of hydrogen-bond donors (Lipinski definition) is 1. The van der Waals surface area contributed by atoms with Crippen LogP contribution in [-0.4, -0.2) is 12.2 Å². The van der Waals surface area contributed by atoms with E-state index in [2.05, 4.69) is 4.74 Å².